The minimum Gasteiger partial charge on any atom is -0.682 e. The van der Waals surface area contributed by atoms with Gasteiger partial charge in [0.05, 0.1) is 0 Å². The van der Waals surface area contributed by atoms with Crippen molar-refractivity contribution >= 4 is 19.6 Å². The van der Waals surface area contributed by atoms with Gasteiger partial charge in [0.2, 0.25) is 0 Å². The Labute approximate surface area is 44.6 Å². The molecule has 0 saturated heterocycles. The standard InChI is InChI=1S/F5Te.FO/c1-6(2,3,4)5;1-2/q+1;-1. The monoisotopic (exact) mass is 260 g/mol. The van der Waals surface area contributed by atoms with Gasteiger partial charge in [-0.15, -0.1) is 0 Å². The van der Waals surface area contributed by atoms with Gasteiger partial charge in [0, 0.05) is 0 Å². The molecule has 0 radical (unpaired) electrons. The van der Waals surface area contributed by atoms with Crippen LogP contribution in [0.5, 0.6) is 0 Å². The second kappa shape index (κ2) is 2.75. The van der Waals surface area contributed by atoms with Gasteiger partial charge in [-0.2, -0.15) is 0 Å². The molecule has 0 saturated carbocycles. The van der Waals surface area contributed by atoms with Gasteiger partial charge in [-0.1, -0.05) is 0 Å². The maximum atomic E-state index is 9.90. The summed E-state index contributed by atoms with van der Waals surface area (Å²) in [5, 5.41) is 6.75. The molecule has 0 aliphatic rings. The van der Waals surface area contributed by atoms with E-state index in [1.165, 1.54) is 0 Å². The van der Waals surface area contributed by atoms with Crippen molar-refractivity contribution in [2.75, 3.05) is 0 Å². The van der Waals surface area contributed by atoms with E-state index in [9.17, 15) is 14.5 Å². The first-order valence-corrected chi connectivity index (χ1v) is 5.33. The van der Waals surface area contributed by atoms with Gasteiger partial charge >= 0.3 is 34.1 Å². The zero-order valence-corrected chi connectivity index (χ0v) is 5.41. The molecule has 0 N–H and O–H groups in total. The van der Waals surface area contributed by atoms with E-state index in [0.717, 1.165) is 0 Å². The van der Waals surface area contributed by atoms with E-state index in [1.54, 1.807) is 0 Å². The summed E-state index contributed by atoms with van der Waals surface area (Å²) in [6.45, 7) is 0. The van der Waals surface area contributed by atoms with Crippen molar-refractivity contribution < 1.29 is 24.3 Å². The number of hydrogen-bond donors (Lipinski definition) is 0. The van der Waals surface area contributed by atoms with Gasteiger partial charge in [-0.05, 0) is 0 Å². The maximum Gasteiger partial charge on any atom is -0.318 e. The van der Waals surface area contributed by atoms with Crippen LogP contribution in [0, 0.1) is 0 Å². The van der Waals surface area contributed by atoms with Crippen molar-refractivity contribution in [2.45, 2.75) is 0 Å². The fraction of sp³-hybridized carbons (Fsp3) is 0. The van der Waals surface area contributed by atoms with Gasteiger partial charge in [0.15, 0.2) is 0 Å². The summed E-state index contributed by atoms with van der Waals surface area (Å²) >= 11 is -9.12. The third kappa shape index (κ3) is 1650. The predicted molar refractivity (Wildman–Crippen MR) is 12.4 cm³/mol. The van der Waals surface area contributed by atoms with Crippen LogP contribution < -0.4 is 5.31 Å². The van der Waals surface area contributed by atoms with Crippen LogP contribution in [0.15, 0.2) is 0 Å². The van der Waals surface area contributed by atoms with E-state index >= 15 is 0 Å². The molecule has 0 aliphatic heterocycles. The molecule has 0 unspecified atom stereocenters. The van der Waals surface area contributed by atoms with Crippen LogP contribution in [-0.4, -0.2) is 19.6 Å². The fourth-order valence-corrected chi connectivity index (χ4v) is 0. The fourth-order valence-electron chi connectivity index (χ4n) is 0. The van der Waals surface area contributed by atoms with E-state index in [-0.39, 0.29) is 0 Å². The second-order valence-corrected chi connectivity index (χ2v) is 3.91. The normalized spacial score (nSPS) is 15.1. The Kier molecular flexibility index (Phi) is 3.84. The van der Waals surface area contributed by atoms with E-state index in [0.29, 0.717) is 0 Å². The third-order valence-electron chi connectivity index (χ3n) is 0. The molecular weight excluding hydrogens is 258 g/mol. The van der Waals surface area contributed by atoms with Crippen molar-refractivity contribution in [1.82, 2.24) is 0 Å². The molecule has 0 aromatic heterocycles. The Morgan fingerprint density at radius 2 is 0.750 bits per heavy atom. The van der Waals surface area contributed by atoms with Crippen LogP contribution in [-0.2, 0) is 0 Å². The topological polar surface area (TPSA) is 23.1 Å². The van der Waals surface area contributed by atoms with Crippen molar-refractivity contribution in [1.29, 1.82) is 0 Å². The first-order chi connectivity index (χ1) is 3.24. The number of halogens is 6. The second-order valence-electron chi connectivity index (χ2n) is 0.583. The van der Waals surface area contributed by atoms with Gasteiger partial charge < -0.3 is 9.84 Å². The number of rotatable bonds is 0. The summed E-state index contributed by atoms with van der Waals surface area (Å²) in [6.07, 6.45) is 0. The summed E-state index contributed by atoms with van der Waals surface area (Å²) in [5.74, 6) is 0. The van der Waals surface area contributed by atoms with Gasteiger partial charge in [0.1, 0.15) is 0 Å². The van der Waals surface area contributed by atoms with Crippen molar-refractivity contribution in [3.63, 3.8) is 0 Å². The Balaban J connectivity index is 0. The Morgan fingerprint density at radius 1 is 0.750 bits per heavy atom. The van der Waals surface area contributed by atoms with Crippen LogP contribution in [0.3, 0.4) is 0 Å². The largest absolute Gasteiger partial charge is 0.682 e. The third-order valence-corrected chi connectivity index (χ3v) is 0. The van der Waals surface area contributed by atoms with Crippen LogP contribution in [0.25, 0.3) is 0 Å². The van der Waals surface area contributed by atoms with Crippen LogP contribution in [0.1, 0.15) is 0 Å². The van der Waals surface area contributed by atoms with Gasteiger partial charge in [-0.25, -0.2) is 0 Å². The molecule has 0 rings (SSSR count). The maximum absolute atomic E-state index is 9.90. The average Bonchev–Trinajstić information content (AvgIpc) is 1.33. The summed E-state index contributed by atoms with van der Waals surface area (Å²) in [6, 6.07) is 0. The average molecular weight is 258 g/mol. The van der Waals surface area contributed by atoms with Crippen molar-refractivity contribution in [2.24, 2.45) is 0 Å². The summed E-state index contributed by atoms with van der Waals surface area (Å²) in [5.41, 5.74) is 0. The Hall–Kier alpha value is 0.330. The predicted octanol–water partition coefficient (Wildman–Crippen LogP) is 0.951. The minimum atomic E-state index is -9.12. The molecular formula is F6OTe. The quantitative estimate of drug-likeness (QED) is 0.468. The molecule has 0 atom stereocenters. The van der Waals surface area contributed by atoms with E-state index in [1.807, 2.05) is 0 Å². The SMILES string of the molecule is F[Te+](F)(F)(F)F.[O-]F. The molecule has 0 bridgehead atoms. The molecule has 0 fully saturated rings. The molecule has 0 spiro atoms. The Bertz CT molecular complexity index is 41.7. The molecule has 1 nitrogen and oxygen atoms in total. The minimum absolute atomic E-state index is 6.75. The van der Waals surface area contributed by atoms with Crippen LogP contribution >= 0.6 is 0 Å². The molecule has 0 heterocycles. The van der Waals surface area contributed by atoms with Crippen LogP contribution in [0.2, 0.25) is 0 Å². The van der Waals surface area contributed by atoms with E-state index < -0.39 is 19.6 Å². The first kappa shape index (κ1) is 11.2. The van der Waals surface area contributed by atoms with Crippen molar-refractivity contribution in [3.8, 4) is 0 Å². The molecule has 0 aliphatic carbocycles. The molecule has 0 aromatic carbocycles. The van der Waals surface area contributed by atoms with Gasteiger partial charge in [-0.3, -0.25) is 0 Å². The zero-order valence-electron chi connectivity index (χ0n) is 3.08. The summed E-state index contributed by atoms with van der Waals surface area (Å²) in [4.78, 5) is 0. The van der Waals surface area contributed by atoms with E-state index in [2.05, 4.69) is 0 Å². The van der Waals surface area contributed by atoms with Crippen LogP contribution in [0.4, 0.5) is 19.0 Å². The summed E-state index contributed by atoms with van der Waals surface area (Å²) < 4.78 is 57.8. The summed E-state index contributed by atoms with van der Waals surface area (Å²) in [7, 11) is 0. The number of hydrogen-bond acceptors (Lipinski definition) is 1. The Morgan fingerprint density at radius 3 is 0.750 bits per heavy atom. The molecule has 0 amide bonds. The smallest absolute Gasteiger partial charge is 0.318 e. The molecule has 8 heavy (non-hydrogen) atoms. The molecule has 8 heteroatoms. The zero-order chi connectivity index (χ0) is 7.45. The van der Waals surface area contributed by atoms with Crippen molar-refractivity contribution in [3.05, 3.63) is 0 Å². The first-order valence-electron chi connectivity index (χ1n) is 0.926. The van der Waals surface area contributed by atoms with E-state index in [4.69, 9.17) is 9.84 Å². The molecule has 0 aromatic rings. The molecule has 54 valence electrons. The van der Waals surface area contributed by atoms with Gasteiger partial charge in [0.25, 0.3) is 0 Å².